The minimum Gasteiger partial charge on any atom is -0.317 e. The molecule has 3 rings (SSSR count). The second-order valence-electron chi connectivity index (χ2n) is 5.72. The monoisotopic (exact) mass is 266 g/mol. The third-order valence-corrected chi connectivity index (χ3v) is 4.47. The van der Waals surface area contributed by atoms with E-state index in [0.29, 0.717) is 6.04 Å². The van der Waals surface area contributed by atoms with Crippen LogP contribution < -0.4 is 5.32 Å². The van der Waals surface area contributed by atoms with Crippen molar-refractivity contribution in [3.05, 3.63) is 65.5 Å². The summed E-state index contributed by atoms with van der Waals surface area (Å²) in [6.07, 6.45) is 8.58. The molecule has 0 bridgehead atoms. The topological polar surface area (TPSA) is 24.9 Å². The molecule has 0 spiro atoms. The van der Waals surface area contributed by atoms with Gasteiger partial charge in [-0.25, -0.2) is 0 Å². The Balaban J connectivity index is 1.54. The van der Waals surface area contributed by atoms with Crippen molar-refractivity contribution in [2.45, 2.75) is 37.6 Å². The second kappa shape index (κ2) is 6.19. The van der Waals surface area contributed by atoms with Crippen LogP contribution >= 0.6 is 0 Å². The number of rotatable bonds is 6. The molecular formula is C18H22N2. The van der Waals surface area contributed by atoms with Gasteiger partial charge in [-0.2, -0.15) is 0 Å². The second-order valence-corrected chi connectivity index (χ2v) is 5.72. The number of benzene rings is 1. The van der Waals surface area contributed by atoms with Crippen LogP contribution in [-0.2, 0) is 12.8 Å². The molecule has 0 amide bonds. The largest absolute Gasteiger partial charge is 0.317 e. The summed E-state index contributed by atoms with van der Waals surface area (Å²) >= 11 is 0. The summed E-state index contributed by atoms with van der Waals surface area (Å²) in [5, 5.41) is 3.49. The fourth-order valence-corrected chi connectivity index (χ4v) is 3.19. The van der Waals surface area contributed by atoms with Gasteiger partial charge in [0.1, 0.15) is 0 Å². The van der Waals surface area contributed by atoms with Gasteiger partial charge in [0.25, 0.3) is 0 Å². The van der Waals surface area contributed by atoms with Crippen molar-refractivity contribution >= 4 is 0 Å². The van der Waals surface area contributed by atoms with E-state index in [4.69, 9.17) is 0 Å². The standard InChI is InChI=1S/C18H22N2/c1-19-17(7-6-14-8-10-20-11-9-14)13-16-12-15-4-2-3-5-18(15)16/h2-5,8-11,16-17,19H,6-7,12-13H2,1H3. The van der Waals surface area contributed by atoms with Gasteiger partial charge in [-0.1, -0.05) is 24.3 Å². The molecule has 2 unspecified atom stereocenters. The van der Waals surface area contributed by atoms with Gasteiger partial charge in [0, 0.05) is 18.4 Å². The lowest BCUT2D eigenvalue weighted by Gasteiger charge is -2.33. The Morgan fingerprint density at radius 1 is 1.20 bits per heavy atom. The fraction of sp³-hybridized carbons (Fsp3) is 0.389. The van der Waals surface area contributed by atoms with Gasteiger partial charge in [0.2, 0.25) is 0 Å². The maximum atomic E-state index is 4.07. The van der Waals surface area contributed by atoms with Crippen LogP contribution in [0.15, 0.2) is 48.8 Å². The van der Waals surface area contributed by atoms with E-state index in [2.05, 4.69) is 53.7 Å². The van der Waals surface area contributed by atoms with Crippen LogP contribution in [0.4, 0.5) is 0 Å². The summed E-state index contributed by atoms with van der Waals surface area (Å²) in [4.78, 5) is 4.07. The van der Waals surface area contributed by atoms with E-state index in [1.54, 1.807) is 11.1 Å². The van der Waals surface area contributed by atoms with E-state index in [9.17, 15) is 0 Å². The summed E-state index contributed by atoms with van der Waals surface area (Å²) in [7, 11) is 2.09. The smallest absolute Gasteiger partial charge is 0.0270 e. The molecule has 0 saturated carbocycles. The predicted molar refractivity (Wildman–Crippen MR) is 82.9 cm³/mol. The highest BCUT2D eigenvalue weighted by Crippen LogP contribution is 2.38. The van der Waals surface area contributed by atoms with Crippen LogP contribution in [0.25, 0.3) is 0 Å². The average molecular weight is 266 g/mol. The van der Waals surface area contributed by atoms with Crippen LogP contribution in [0, 0.1) is 0 Å². The van der Waals surface area contributed by atoms with Crippen LogP contribution in [0.5, 0.6) is 0 Å². The number of fused-ring (bicyclic) bond motifs is 1. The van der Waals surface area contributed by atoms with Crippen molar-refractivity contribution in [2.75, 3.05) is 7.05 Å². The molecule has 2 nitrogen and oxygen atoms in total. The lowest BCUT2D eigenvalue weighted by Crippen LogP contribution is -2.31. The summed E-state index contributed by atoms with van der Waals surface area (Å²) in [5.74, 6) is 0.751. The highest BCUT2D eigenvalue weighted by atomic mass is 14.9. The van der Waals surface area contributed by atoms with Gasteiger partial charge in [-0.3, -0.25) is 4.98 Å². The maximum absolute atomic E-state index is 4.07. The van der Waals surface area contributed by atoms with Gasteiger partial charge in [-0.05, 0) is 67.5 Å². The van der Waals surface area contributed by atoms with Gasteiger partial charge in [0.05, 0.1) is 0 Å². The molecule has 0 aliphatic heterocycles. The molecule has 0 radical (unpaired) electrons. The highest BCUT2D eigenvalue weighted by molar-refractivity contribution is 5.39. The van der Waals surface area contributed by atoms with E-state index in [1.165, 1.54) is 24.8 Å². The number of hydrogen-bond acceptors (Lipinski definition) is 2. The first-order chi connectivity index (χ1) is 9.86. The van der Waals surface area contributed by atoms with Gasteiger partial charge >= 0.3 is 0 Å². The SMILES string of the molecule is CNC(CCc1ccncc1)CC1Cc2ccccc21. The highest BCUT2D eigenvalue weighted by Gasteiger charge is 2.27. The zero-order valence-electron chi connectivity index (χ0n) is 12.0. The van der Waals surface area contributed by atoms with Crippen molar-refractivity contribution in [3.8, 4) is 0 Å². The lowest BCUT2D eigenvalue weighted by atomic mass is 9.74. The molecule has 1 aliphatic rings. The number of nitrogens with zero attached hydrogens (tertiary/aromatic N) is 1. The molecule has 2 atom stereocenters. The molecule has 104 valence electrons. The molecule has 2 aromatic rings. The molecule has 2 heteroatoms. The minimum absolute atomic E-state index is 0.599. The zero-order valence-corrected chi connectivity index (χ0v) is 12.0. The molecule has 1 aliphatic carbocycles. The molecule has 1 aromatic carbocycles. The Morgan fingerprint density at radius 2 is 2.00 bits per heavy atom. The molecule has 0 saturated heterocycles. The minimum atomic E-state index is 0.599. The average Bonchev–Trinajstić information content (AvgIpc) is 2.49. The molecule has 0 fully saturated rings. The van der Waals surface area contributed by atoms with Crippen LogP contribution in [-0.4, -0.2) is 18.1 Å². The number of aromatic nitrogens is 1. The van der Waals surface area contributed by atoms with E-state index >= 15 is 0 Å². The Labute approximate surface area is 121 Å². The molecule has 1 aromatic heterocycles. The third-order valence-electron chi connectivity index (χ3n) is 4.47. The first kappa shape index (κ1) is 13.3. The van der Waals surface area contributed by atoms with Gasteiger partial charge in [0.15, 0.2) is 0 Å². The predicted octanol–water partition coefficient (Wildman–Crippen LogP) is 3.33. The normalized spacial score (nSPS) is 18.1. The summed E-state index contributed by atoms with van der Waals surface area (Å²) < 4.78 is 0. The Kier molecular flexibility index (Phi) is 4.12. The maximum Gasteiger partial charge on any atom is 0.0270 e. The molecule has 1 heterocycles. The number of aryl methyl sites for hydroxylation is 1. The third kappa shape index (κ3) is 2.91. The van der Waals surface area contributed by atoms with Crippen molar-refractivity contribution in [3.63, 3.8) is 0 Å². The Bertz CT molecular complexity index is 550. The number of hydrogen-bond donors (Lipinski definition) is 1. The fourth-order valence-electron chi connectivity index (χ4n) is 3.19. The van der Waals surface area contributed by atoms with E-state index < -0.39 is 0 Å². The molecule has 20 heavy (non-hydrogen) atoms. The summed E-state index contributed by atoms with van der Waals surface area (Å²) in [6, 6.07) is 13.7. The van der Waals surface area contributed by atoms with Gasteiger partial charge < -0.3 is 5.32 Å². The van der Waals surface area contributed by atoms with E-state index in [1.807, 2.05) is 12.4 Å². The molecule has 1 N–H and O–H groups in total. The summed E-state index contributed by atoms with van der Waals surface area (Å²) in [5.41, 5.74) is 4.49. The number of pyridine rings is 1. The summed E-state index contributed by atoms with van der Waals surface area (Å²) in [6.45, 7) is 0. The quantitative estimate of drug-likeness (QED) is 0.867. The van der Waals surface area contributed by atoms with Crippen molar-refractivity contribution in [1.29, 1.82) is 0 Å². The number of nitrogens with one attached hydrogen (secondary N) is 1. The van der Waals surface area contributed by atoms with E-state index in [0.717, 1.165) is 12.3 Å². The first-order valence-corrected chi connectivity index (χ1v) is 7.51. The molecular weight excluding hydrogens is 244 g/mol. The van der Waals surface area contributed by atoms with Crippen LogP contribution in [0.1, 0.15) is 35.4 Å². The first-order valence-electron chi connectivity index (χ1n) is 7.51. The zero-order chi connectivity index (χ0) is 13.8. The Hall–Kier alpha value is -1.67. The van der Waals surface area contributed by atoms with Gasteiger partial charge in [-0.15, -0.1) is 0 Å². The lowest BCUT2D eigenvalue weighted by molar-refractivity contribution is 0.420. The van der Waals surface area contributed by atoms with Crippen molar-refractivity contribution < 1.29 is 0 Å². The van der Waals surface area contributed by atoms with Crippen LogP contribution in [0.2, 0.25) is 0 Å². The Morgan fingerprint density at radius 3 is 2.75 bits per heavy atom. The van der Waals surface area contributed by atoms with Crippen molar-refractivity contribution in [1.82, 2.24) is 10.3 Å². The van der Waals surface area contributed by atoms with Crippen molar-refractivity contribution in [2.24, 2.45) is 0 Å². The van der Waals surface area contributed by atoms with Crippen LogP contribution in [0.3, 0.4) is 0 Å². The van der Waals surface area contributed by atoms with E-state index in [-0.39, 0.29) is 0 Å².